The van der Waals surface area contributed by atoms with Crippen molar-refractivity contribution in [1.29, 1.82) is 0 Å². The highest BCUT2D eigenvalue weighted by Gasteiger charge is 2.14. The maximum atomic E-state index is 12.4. The van der Waals surface area contributed by atoms with E-state index in [-0.39, 0.29) is 11.9 Å². The Kier molecular flexibility index (Phi) is 5.14. The van der Waals surface area contributed by atoms with Crippen molar-refractivity contribution in [3.8, 4) is 0 Å². The van der Waals surface area contributed by atoms with Crippen LogP contribution in [0.2, 0.25) is 0 Å². The third kappa shape index (κ3) is 3.51. The second-order valence-corrected chi connectivity index (χ2v) is 5.09. The minimum absolute atomic E-state index is 0.103. The molecule has 0 fully saturated rings. The van der Waals surface area contributed by atoms with Crippen molar-refractivity contribution in [3.05, 3.63) is 36.0 Å². The Balaban J connectivity index is 2.37. The van der Waals surface area contributed by atoms with Gasteiger partial charge in [-0.25, -0.2) is 4.98 Å². The van der Waals surface area contributed by atoms with E-state index in [4.69, 9.17) is 0 Å². The van der Waals surface area contributed by atoms with E-state index < -0.39 is 0 Å². The minimum Gasteiger partial charge on any atom is -0.370 e. The molecule has 21 heavy (non-hydrogen) atoms. The molecule has 0 bridgehead atoms. The van der Waals surface area contributed by atoms with E-state index in [1.807, 2.05) is 37.3 Å². The van der Waals surface area contributed by atoms with Crippen molar-refractivity contribution in [2.24, 2.45) is 0 Å². The predicted octanol–water partition coefficient (Wildman–Crippen LogP) is 3.59. The fourth-order valence-corrected chi connectivity index (χ4v) is 2.37. The van der Waals surface area contributed by atoms with Gasteiger partial charge in [0.05, 0.1) is 0 Å². The summed E-state index contributed by atoms with van der Waals surface area (Å²) in [5.41, 5.74) is 0.469. The van der Waals surface area contributed by atoms with Crippen LogP contribution in [-0.4, -0.2) is 23.5 Å². The van der Waals surface area contributed by atoms with E-state index in [1.54, 1.807) is 0 Å². The van der Waals surface area contributed by atoms with Gasteiger partial charge in [0.2, 0.25) is 0 Å². The first-order valence-electron chi connectivity index (χ1n) is 7.64. The van der Waals surface area contributed by atoms with Gasteiger partial charge >= 0.3 is 0 Å². The molecule has 0 radical (unpaired) electrons. The van der Waals surface area contributed by atoms with Crippen LogP contribution in [0.4, 0.5) is 5.82 Å². The van der Waals surface area contributed by atoms with Gasteiger partial charge in [0.25, 0.3) is 5.91 Å². The molecule has 4 heteroatoms. The molecule has 0 saturated heterocycles. The molecular weight excluding hydrogens is 262 g/mol. The van der Waals surface area contributed by atoms with E-state index >= 15 is 0 Å². The predicted molar refractivity (Wildman–Crippen MR) is 87.7 cm³/mol. The van der Waals surface area contributed by atoms with Gasteiger partial charge in [-0.3, -0.25) is 4.79 Å². The largest absolute Gasteiger partial charge is 0.370 e. The monoisotopic (exact) mass is 285 g/mol. The smallest absolute Gasteiger partial charge is 0.270 e. The number of hydrogen-bond donors (Lipinski definition) is 2. The number of pyridine rings is 1. The molecule has 2 N–H and O–H groups in total. The van der Waals surface area contributed by atoms with E-state index in [1.165, 1.54) is 0 Å². The number of aromatic nitrogens is 1. The number of amides is 1. The molecular formula is C17H23N3O. The van der Waals surface area contributed by atoms with Crippen LogP contribution in [0.15, 0.2) is 30.3 Å². The Morgan fingerprint density at radius 2 is 1.90 bits per heavy atom. The molecule has 0 atom stereocenters. The highest BCUT2D eigenvalue weighted by molar-refractivity contribution is 6.00. The highest BCUT2D eigenvalue weighted by atomic mass is 16.1. The number of nitrogens with one attached hydrogen (secondary N) is 2. The molecule has 1 aromatic carbocycles. The van der Waals surface area contributed by atoms with Crippen molar-refractivity contribution >= 4 is 22.5 Å². The van der Waals surface area contributed by atoms with E-state index in [2.05, 4.69) is 29.5 Å². The average molecular weight is 285 g/mol. The van der Waals surface area contributed by atoms with Gasteiger partial charge in [0.15, 0.2) is 0 Å². The Labute approximate surface area is 126 Å². The summed E-state index contributed by atoms with van der Waals surface area (Å²) in [7, 11) is 0. The minimum atomic E-state index is -0.103. The lowest BCUT2D eigenvalue weighted by Gasteiger charge is -2.15. The van der Waals surface area contributed by atoms with Gasteiger partial charge < -0.3 is 10.6 Å². The standard InChI is InChI=1S/C17H23N3O/c1-4-13(5-2)19-17(21)15-11-12-9-7-8-10-14(12)16(20-15)18-6-3/h7-11,13H,4-6H2,1-3H3,(H,18,20)(H,19,21). The lowest BCUT2D eigenvalue weighted by Crippen LogP contribution is -2.34. The maximum absolute atomic E-state index is 12.4. The summed E-state index contributed by atoms with van der Waals surface area (Å²) in [5, 5.41) is 8.34. The van der Waals surface area contributed by atoms with Crippen LogP contribution >= 0.6 is 0 Å². The average Bonchev–Trinajstić information content (AvgIpc) is 2.52. The van der Waals surface area contributed by atoms with Crippen molar-refractivity contribution in [1.82, 2.24) is 10.3 Å². The van der Waals surface area contributed by atoms with Crippen LogP contribution in [-0.2, 0) is 0 Å². The molecule has 4 nitrogen and oxygen atoms in total. The normalized spacial score (nSPS) is 10.9. The number of anilines is 1. The highest BCUT2D eigenvalue weighted by Crippen LogP contribution is 2.22. The SMILES string of the molecule is CCNc1nc(C(=O)NC(CC)CC)cc2ccccc12. The molecule has 1 amide bonds. The fraction of sp³-hybridized carbons (Fsp3) is 0.412. The molecule has 0 spiro atoms. The van der Waals surface area contributed by atoms with Gasteiger partial charge in [0, 0.05) is 18.0 Å². The quantitative estimate of drug-likeness (QED) is 0.853. The number of carbonyl (C=O) groups is 1. The van der Waals surface area contributed by atoms with Crippen molar-refractivity contribution in [2.75, 3.05) is 11.9 Å². The lowest BCUT2D eigenvalue weighted by molar-refractivity contribution is 0.0930. The summed E-state index contributed by atoms with van der Waals surface area (Å²) in [5.74, 6) is 0.666. The number of carbonyl (C=O) groups excluding carboxylic acids is 1. The maximum Gasteiger partial charge on any atom is 0.270 e. The summed E-state index contributed by atoms with van der Waals surface area (Å²) >= 11 is 0. The molecule has 0 saturated carbocycles. The molecule has 1 aromatic heterocycles. The summed E-state index contributed by atoms with van der Waals surface area (Å²) < 4.78 is 0. The summed E-state index contributed by atoms with van der Waals surface area (Å²) in [6.45, 7) is 6.95. The van der Waals surface area contributed by atoms with Gasteiger partial charge in [-0.1, -0.05) is 38.1 Å². The number of nitrogens with zero attached hydrogens (tertiary/aromatic N) is 1. The topological polar surface area (TPSA) is 54.0 Å². The number of benzene rings is 1. The molecule has 112 valence electrons. The van der Waals surface area contributed by atoms with Crippen LogP contribution in [0.25, 0.3) is 10.8 Å². The fourth-order valence-electron chi connectivity index (χ4n) is 2.37. The molecule has 1 heterocycles. The van der Waals surface area contributed by atoms with Crippen LogP contribution in [0, 0.1) is 0 Å². The lowest BCUT2D eigenvalue weighted by atomic mass is 10.1. The summed E-state index contributed by atoms with van der Waals surface area (Å²) in [4.78, 5) is 16.9. The molecule has 0 unspecified atom stereocenters. The van der Waals surface area contributed by atoms with E-state index in [9.17, 15) is 4.79 Å². The zero-order valence-electron chi connectivity index (χ0n) is 12.9. The Morgan fingerprint density at radius 1 is 1.19 bits per heavy atom. The van der Waals surface area contributed by atoms with Crippen molar-refractivity contribution in [2.45, 2.75) is 39.7 Å². The van der Waals surface area contributed by atoms with E-state index in [0.29, 0.717) is 5.69 Å². The molecule has 0 aliphatic carbocycles. The molecule has 2 aromatic rings. The molecule has 0 aliphatic rings. The van der Waals surface area contributed by atoms with Crippen LogP contribution in [0.5, 0.6) is 0 Å². The third-order valence-corrected chi connectivity index (χ3v) is 3.64. The second kappa shape index (κ2) is 7.07. The van der Waals surface area contributed by atoms with Gasteiger partial charge in [-0.05, 0) is 31.2 Å². The zero-order valence-corrected chi connectivity index (χ0v) is 12.9. The van der Waals surface area contributed by atoms with Crippen molar-refractivity contribution in [3.63, 3.8) is 0 Å². The zero-order chi connectivity index (χ0) is 15.2. The van der Waals surface area contributed by atoms with Gasteiger partial charge in [-0.2, -0.15) is 0 Å². The Hall–Kier alpha value is -2.10. The Morgan fingerprint density at radius 3 is 2.57 bits per heavy atom. The van der Waals surface area contributed by atoms with Gasteiger partial charge in [-0.15, -0.1) is 0 Å². The molecule has 0 aliphatic heterocycles. The van der Waals surface area contributed by atoms with Crippen LogP contribution in [0.1, 0.15) is 44.1 Å². The van der Waals surface area contributed by atoms with Gasteiger partial charge in [0.1, 0.15) is 11.5 Å². The second-order valence-electron chi connectivity index (χ2n) is 5.09. The van der Waals surface area contributed by atoms with Crippen LogP contribution < -0.4 is 10.6 Å². The van der Waals surface area contributed by atoms with Crippen LogP contribution in [0.3, 0.4) is 0 Å². The molecule has 2 rings (SSSR count). The van der Waals surface area contributed by atoms with E-state index in [0.717, 1.165) is 36.0 Å². The summed E-state index contributed by atoms with van der Waals surface area (Å²) in [6, 6.07) is 10.0. The number of fused-ring (bicyclic) bond motifs is 1. The number of rotatable bonds is 6. The van der Waals surface area contributed by atoms with Crippen molar-refractivity contribution < 1.29 is 4.79 Å². The third-order valence-electron chi connectivity index (χ3n) is 3.64. The summed E-state index contributed by atoms with van der Waals surface area (Å²) in [6.07, 6.45) is 1.85. The first-order chi connectivity index (χ1) is 10.2. The number of hydrogen-bond acceptors (Lipinski definition) is 3. The Bertz CT molecular complexity index is 620. The first kappa shape index (κ1) is 15.3. The first-order valence-corrected chi connectivity index (χ1v) is 7.64.